The maximum absolute atomic E-state index is 10.9. The Hall–Kier alpha value is -0.980. The van der Waals surface area contributed by atoms with E-state index in [4.69, 9.17) is 11.6 Å². The molecule has 0 fully saturated rings. The molecular formula is C10H5BrClN3OS. The van der Waals surface area contributed by atoms with Gasteiger partial charge in [-0.15, -0.1) is 0 Å². The molecule has 0 aliphatic heterocycles. The van der Waals surface area contributed by atoms with Crippen molar-refractivity contribution in [3.8, 4) is 0 Å². The van der Waals surface area contributed by atoms with Crippen LogP contribution in [0.1, 0.15) is 10.4 Å². The average molecular weight is 331 g/mol. The minimum atomic E-state index is 0.148. The summed E-state index contributed by atoms with van der Waals surface area (Å²) in [7, 11) is 0. The molecule has 0 saturated carbocycles. The minimum Gasteiger partial charge on any atom is -0.298 e. The van der Waals surface area contributed by atoms with Gasteiger partial charge in [-0.25, -0.2) is 15.0 Å². The molecule has 7 heteroatoms. The highest BCUT2D eigenvalue weighted by Crippen LogP contribution is 2.29. The number of rotatable bonds is 3. The zero-order valence-electron chi connectivity index (χ0n) is 8.30. The lowest BCUT2D eigenvalue weighted by Gasteiger charge is -2.03. The van der Waals surface area contributed by atoms with Crippen molar-refractivity contribution in [2.24, 2.45) is 0 Å². The summed E-state index contributed by atoms with van der Waals surface area (Å²) in [5.74, 6) is 0. The Morgan fingerprint density at radius 3 is 2.76 bits per heavy atom. The Labute approximate surface area is 115 Å². The summed E-state index contributed by atoms with van der Waals surface area (Å²) in [6, 6.07) is 3.68. The van der Waals surface area contributed by atoms with Crippen LogP contribution in [0.15, 0.2) is 39.2 Å². The van der Waals surface area contributed by atoms with Crippen molar-refractivity contribution in [1.82, 2.24) is 15.0 Å². The lowest BCUT2D eigenvalue weighted by atomic mass is 10.4. The van der Waals surface area contributed by atoms with Crippen LogP contribution in [0, 0.1) is 0 Å². The van der Waals surface area contributed by atoms with Gasteiger partial charge in [0.1, 0.15) is 21.5 Å². The number of aromatic nitrogens is 3. The second kappa shape index (κ2) is 5.57. The Morgan fingerprint density at radius 2 is 2.12 bits per heavy atom. The summed E-state index contributed by atoms with van der Waals surface area (Å²) in [6.45, 7) is 0. The molecule has 0 amide bonds. The van der Waals surface area contributed by atoms with E-state index in [9.17, 15) is 4.79 Å². The predicted octanol–water partition coefficient (Wildman–Crippen LogP) is 3.25. The number of pyridine rings is 1. The zero-order chi connectivity index (χ0) is 12.3. The average Bonchev–Trinajstić information content (AvgIpc) is 2.32. The number of hydrogen-bond acceptors (Lipinski definition) is 5. The fourth-order valence-corrected chi connectivity index (χ4v) is 2.32. The normalized spacial score (nSPS) is 10.2. The molecule has 0 aromatic carbocycles. The van der Waals surface area contributed by atoms with Gasteiger partial charge < -0.3 is 0 Å². The molecule has 2 rings (SSSR count). The molecule has 2 aromatic rings. The summed E-state index contributed by atoms with van der Waals surface area (Å²) in [4.78, 5) is 22.8. The van der Waals surface area contributed by atoms with Gasteiger partial charge in [-0.05, 0) is 39.8 Å². The van der Waals surface area contributed by atoms with Gasteiger partial charge >= 0.3 is 0 Å². The van der Waals surface area contributed by atoms with E-state index < -0.39 is 0 Å². The highest BCUT2D eigenvalue weighted by molar-refractivity contribution is 9.10. The third-order valence-electron chi connectivity index (χ3n) is 1.82. The van der Waals surface area contributed by atoms with E-state index >= 15 is 0 Å². The number of carbonyl (C=O) groups excluding carboxylic acids is 1. The number of halogens is 2. The van der Waals surface area contributed by atoms with Crippen LogP contribution >= 0.6 is 39.3 Å². The lowest BCUT2D eigenvalue weighted by Crippen LogP contribution is -1.94. The molecule has 0 bridgehead atoms. The van der Waals surface area contributed by atoms with Crippen molar-refractivity contribution in [2.45, 2.75) is 10.1 Å². The second-order valence-electron chi connectivity index (χ2n) is 2.92. The van der Waals surface area contributed by atoms with Crippen molar-refractivity contribution in [3.05, 3.63) is 39.8 Å². The highest BCUT2D eigenvalue weighted by atomic mass is 79.9. The van der Waals surface area contributed by atoms with Gasteiger partial charge in [0.2, 0.25) is 0 Å². The van der Waals surface area contributed by atoms with Gasteiger partial charge in [0.25, 0.3) is 0 Å². The molecule has 17 heavy (non-hydrogen) atoms. The summed E-state index contributed by atoms with van der Waals surface area (Å²) in [5.41, 5.74) is 0.281. The van der Waals surface area contributed by atoms with E-state index in [1.54, 1.807) is 6.20 Å². The Kier molecular flexibility index (Phi) is 4.09. The van der Waals surface area contributed by atoms with Crippen LogP contribution in [0.2, 0.25) is 5.15 Å². The molecule has 0 aliphatic rings. The second-order valence-corrected chi connectivity index (χ2v) is 5.20. The first kappa shape index (κ1) is 12.5. The standard InChI is InChI=1S/C10H5BrClN3OS/c11-6-1-2-8(13-3-6)17-10-7(4-16)9(12)14-5-15-10/h1-5H. The third-order valence-corrected chi connectivity index (χ3v) is 3.56. The van der Waals surface area contributed by atoms with Crippen molar-refractivity contribution in [1.29, 1.82) is 0 Å². The first-order valence-corrected chi connectivity index (χ1v) is 6.44. The van der Waals surface area contributed by atoms with Gasteiger partial charge in [-0.3, -0.25) is 4.79 Å². The molecule has 0 radical (unpaired) electrons. The summed E-state index contributed by atoms with van der Waals surface area (Å²) >= 11 is 10.4. The first-order valence-electron chi connectivity index (χ1n) is 4.46. The third kappa shape index (κ3) is 3.02. The molecule has 0 saturated heterocycles. The van der Waals surface area contributed by atoms with E-state index in [1.807, 2.05) is 12.1 Å². The lowest BCUT2D eigenvalue weighted by molar-refractivity contribution is 0.112. The monoisotopic (exact) mass is 329 g/mol. The number of hydrogen-bond donors (Lipinski definition) is 0. The molecule has 0 spiro atoms. The van der Waals surface area contributed by atoms with Crippen LogP contribution < -0.4 is 0 Å². The largest absolute Gasteiger partial charge is 0.298 e. The van der Waals surface area contributed by atoms with Crippen LogP contribution in [0.5, 0.6) is 0 Å². The molecule has 4 nitrogen and oxygen atoms in total. The van der Waals surface area contributed by atoms with Gasteiger partial charge in [-0.2, -0.15) is 0 Å². The topological polar surface area (TPSA) is 55.7 Å². The quantitative estimate of drug-likeness (QED) is 0.639. The molecule has 2 heterocycles. The highest BCUT2D eigenvalue weighted by Gasteiger charge is 2.10. The molecule has 86 valence electrons. The summed E-state index contributed by atoms with van der Waals surface area (Å²) in [6.07, 6.45) is 3.63. The Balaban J connectivity index is 2.33. The maximum atomic E-state index is 10.9. The van der Waals surface area contributed by atoms with Crippen molar-refractivity contribution in [3.63, 3.8) is 0 Å². The maximum Gasteiger partial charge on any atom is 0.155 e. The van der Waals surface area contributed by atoms with Crippen LogP contribution in [-0.2, 0) is 0 Å². The Morgan fingerprint density at radius 1 is 1.29 bits per heavy atom. The number of aldehydes is 1. The molecule has 0 aliphatic carbocycles. The van der Waals surface area contributed by atoms with Gasteiger partial charge in [-0.1, -0.05) is 11.6 Å². The van der Waals surface area contributed by atoms with Crippen molar-refractivity contribution >= 4 is 45.6 Å². The van der Waals surface area contributed by atoms with E-state index in [-0.39, 0.29) is 10.7 Å². The molecule has 2 aromatic heterocycles. The number of nitrogens with zero attached hydrogens (tertiary/aromatic N) is 3. The minimum absolute atomic E-state index is 0.148. The van der Waals surface area contributed by atoms with Gasteiger partial charge in [0.15, 0.2) is 6.29 Å². The van der Waals surface area contributed by atoms with Crippen LogP contribution in [0.25, 0.3) is 0 Å². The molecule has 0 N–H and O–H groups in total. The van der Waals surface area contributed by atoms with Crippen molar-refractivity contribution < 1.29 is 4.79 Å². The first-order chi connectivity index (χ1) is 8.20. The predicted molar refractivity (Wildman–Crippen MR) is 68.5 cm³/mol. The fourth-order valence-electron chi connectivity index (χ4n) is 1.06. The number of carbonyl (C=O) groups is 1. The van der Waals surface area contributed by atoms with Crippen LogP contribution in [-0.4, -0.2) is 21.2 Å². The summed E-state index contributed by atoms with van der Waals surface area (Å²) in [5, 5.41) is 1.37. The Bertz CT molecular complexity index is 550. The fraction of sp³-hybridized carbons (Fsp3) is 0. The smallest absolute Gasteiger partial charge is 0.155 e. The van der Waals surface area contributed by atoms with E-state index in [2.05, 4.69) is 30.9 Å². The molecule has 0 atom stereocenters. The van der Waals surface area contributed by atoms with Crippen LogP contribution in [0.3, 0.4) is 0 Å². The van der Waals surface area contributed by atoms with E-state index in [0.717, 1.165) is 9.50 Å². The molecular weight excluding hydrogens is 326 g/mol. The summed E-state index contributed by atoms with van der Waals surface area (Å²) < 4.78 is 0.887. The SMILES string of the molecule is O=Cc1c(Cl)ncnc1Sc1ccc(Br)cn1. The zero-order valence-corrected chi connectivity index (χ0v) is 11.5. The van der Waals surface area contributed by atoms with Gasteiger partial charge in [0, 0.05) is 10.7 Å². The van der Waals surface area contributed by atoms with Crippen molar-refractivity contribution in [2.75, 3.05) is 0 Å². The van der Waals surface area contributed by atoms with Gasteiger partial charge in [0.05, 0.1) is 5.56 Å². The van der Waals surface area contributed by atoms with E-state index in [0.29, 0.717) is 11.3 Å². The van der Waals surface area contributed by atoms with Crippen LogP contribution in [0.4, 0.5) is 0 Å². The van der Waals surface area contributed by atoms with E-state index in [1.165, 1.54) is 18.1 Å². The molecule has 0 unspecified atom stereocenters.